The van der Waals surface area contributed by atoms with Gasteiger partial charge in [0.15, 0.2) is 0 Å². The summed E-state index contributed by atoms with van der Waals surface area (Å²) in [6.45, 7) is 1.64. The quantitative estimate of drug-likeness (QED) is 0.874. The molecule has 1 saturated heterocycles. The maximum absolute atomic E-state index is 12.8. The van der Waals surface area contributed by atoms with E-state index in [4.69, 9.17) is 0 Å². The molecular formula is C13H16F3NO. The van der Waals surface area contributed by atoms with Crippen LogP contribution in [0.5, 0.6) is 0 Å². The third-order valence-electron chi connectivity index (χ3n) is 3.34. The number of hydrogen-bond donors (Lipinski definition) is 2. The number of aliphatic hydroxyl groups is 1. The average molecular weight is 259 g/mol. The van der Waals surface area contributed by atoms with Crippen LogP contribution in [0, 0.1) is 5.92 Å². The minimum Gasteiger partial charge on any atom is -0.388 e. The Balaban J connectivity index is 2.16. The van der Waals surface area contributed by atoms with Crippen molar-refractivity contribution < 1.29 is 18.3 Å². The fourth-order valence-electron chi connectivity index (χ4n) is 2.40. The van der Waals surface area contributed by atoms with Gasteiger partial charge in [-0.15, -0.1) is 0 Å². The molecule has 1 heterocycles. The summed E-state index contributed by atoms with van der Waals surface area (Å²) in [5.41, 5.74) is -0.750. The van der Waals surface area contributed by atoms with Crippen LogP contribution < -0.4 is 5.32 Å². The number of halogens is 3. The maximum Gasteiger partial charge on any atom is 0.416 e. The van der Waals surface area contributed by atoms with Crippen LogP contribution in [-0.4, -0.2) is 18.2 Å². The molecule has 2 unspecified atom stereocenters. The van der Waals surface area contributed by atoms with Crippen molar-refractivity contribution in [2.75, 3.05) is 13.1 Å². The number of rotatable bonds is 3. The standard InChI is InChI=1S/C13H16F3NO/c14-13(15,16)11-4-2-1-3-10(11)12(18)7-9-5-6-17-8-9/h1-4,9,12,17-18H,5-8H2. The van der Waals surface area contributed by atoms with Crippen molar-refractivity contribution in [2.45, 2.75) is 25.1 Å². The highest BCUT2D eigenvalue weighted by atomic mass is 19.4. The van der Waals surface area contributed by atoms with Gasteiger partial charge in [0.1, 0.15) is 0 Å². The number of aliphatic hydroxyl groups excluding tert-OH is 1. The zero-order chi connectivity index (χ0) is 13.2. The highest BCUT2D eigenvalue weighted by molar-refractivity contribution is 5.31. The van der Waals surface area contributed by atoms with E-state index in [1.807, 2.05) is 0 Å². The van der Waals surface area contributed by atoms with Crippen LogP contribution >= 0.6 is 0 Å². The van der Waals surface area contributed by atoms with Crippen molar-refractivity contribution in [1.82, 2.24) is 5.32 Å². The summed E-state index contributed by atoms with van der Waals surface area (Å²) in [6.07, 6.45) is -4.18. The number of benzene rings is 1. The van der Waals surface area contributed by atoms with E-state index < -0.39 is 17.8 Å². The molecule has 2 rings (SSSR count). The molecular weight excluding hydrogens is 243 g/mol. The van der Waals surface area contributed by atoms with Gasteiger partial charge >= 0.3 is 6.18 Å². The van der Waals surface area contributed by atoms with Gasteiger partial charge in [-0.1, -0.05) is 18.2 Å². The maximum atomic E-state index is 12.8. The monoisotopic (exact) mass is 259 g/mol. The highest BCUT2D eigenvalue weighted by Crippen LogP contribution is 2.36. The van der Waals surface area contributed by atoms with E-state index in [0.717, 1.165) is 25.6 Å². The Morgan fingerprint density at radius 3 is 2.67 bits per heavy atom. The Labute approximate surface area is 104 Å². The predicted molar refractivity (Wildman–Crippen MR) is 62.0 cm³/mol. The zero-order valence-electron chi connectivity index (χ0n) is 9.87. The molecule has 1 aliphatic heterocycles. The molecule has 1 fully saturated rings. The first kappa shape index (κ1) is 13.4. The van der Waals surface area contributed by atoms with Gasteiger partial charge in [0, 0.05) is 0 Å². The fourth-order valence-corrected chi connectivity index (χ4v) is 2.40. The fraction of sp³-hybridized carbons (Fsp3) is 0.538. The van der Waals surface area contributed by atoms with Crippen LogP contribution in [0.2, 0.25) is 0 Å². The Bertz CT molecular complexity index is 399. The Morgan fingerprint density at radius 1 is 1.33 bits per heavy atom. The van der Waals surface area contributed by atoms with Crippen LogP contribution in [0.3, 0.4) is 0 Å². The van der Waals surface area contributed by atoms with Crippen LogP contribution in [0.1, 0.15) is 30.1 Å². The van der Waals surface area contributed by atoms with E-state index >= 15 is 0 Å². The molecule has 0 amide bonds. The SMILES string of the molecule is OC(CC1CCNC1)c1ccccc1C(F)(F)F. The van der Waals surface area contributed by atoms with Crippen molar-refractivity contribution in [3.63, 3.8) is 0 Å². The highest BCUT2D eigenvalue weighted by Gasteiger charge is 2.35. The first-order valence-corrected chi connectivity index (χ1v) is 6.03. The summed E-state index contributed by atoms with van der Waals surface area (Å²) in [5, 5.41) is 13.1. The van der Waals surface area contributed by atoms with E-state index in [1.54, 1.807) is 0 Å². The minimum absolute atomic E-state index is 0.0168. The van der Waals surface area contributed by atoms with E-state index in [0.29, 0.717) is 6.42 Å². The molecule has 1 aliphatic rings. The molecule has 2 atom stereocenters. The van der Waals surface area contributed by atoms with Crippen LogP contribution in [0.25, 0.3) is 0 Å². The molecule has 5 heteroatoms. The number of nitrogens with one attached hydrogen (secondary N) is 1. The van der Waals surface area contributed by atoms with Gasteiger partial charge in [-0.3, -0.25) is 0 Å². The van der Waals surface area contributed by atoms with Crippen molar-refractivity contribution in [1.29, 1.82) is 0 Å². The molecule has 1 aromatic rings. The predicted octanol–water partition coefficient (Wildman–Crippen LogP) is 2.74. The van der Waals surface area contributed by atoms with Gasteiger partial charge in [-0.05, 0) is 43.5 Å². The Hall–Kier alpha value is -1.07. The van der Waals surface area contributed by atoms with Crippen LogP contribution in [0.15, 0.2) is 24.3 Å². The van der Waals surface area contributed by atoms with Gasteiger partial charge in [-0.2, -0.15) is 13.2 Å². The van der Waals surface area contributed by atoms with E-state index in [-0.39, 0.29) is 11.5 Å². The summed E-state index contributed by atoms with van der Waals surface area (Å²) in [6, 6.07) is 5.25. The molecule has 1 aromatic carbocycles. The minimum atomic E-state index is -4.41. The largest absolute Gasteiger partial charge is 0.416 e. The smallest absolute Gasteiger partial charge is 0.388 e. The molecule has 0 aromatic heterocycles. The summed E-state index contributed by atoms with van der Waals surface area (Å²) in [4.78, 5) is 0. The summed E-state index contributed by atoms with van der Waals surface area (Å²) >= 11 is 0. The molecule has 0 bridgehead atoms. The molecule has 100 valence electrons. The topological polar surface area (TPSA) is 32.3 Å². The molecule has 0 radical (unpaired) electrons. The second-order valence-corrected chi connectivity index (χ2v) is 4.70. The van der Waals surface area contributed by atoms with Gasteiger partial charge in [0.25, 0.3) is 0 Å². The lowest BCUT2D eigenvalue weighted by atomic mass is 9.93. The lowest BCUT2D eigenvalue weighted by Crippen LogP contribution is -2.15. The lowest BCUT2D eigenvalue weighted by molar-refractivity contribution is -0.139. The van der Waals surface area contributed by atoms with Crippen molar-refractivity contribution >= 4 is 0 Å². The van der Waals surface area contributed by atoms with E-state index in [1.165, 1.54) is 18.2 Å². The summed E-state index contributed by atoms with van der Waals surface area (Å²) in [5.74, 6) is 0.251. The van der Waals surface area contributed by atoms with E-state index in [2.05, 4.69) is 5.32 Å². The van der Waals surface area contributed by atoms with Crippen LogP contribution in [0.4, 0.5) is 13.2 Å². The first-order chi connectivity index (χ1) is 8.48. The molecule has 2 nitrogen and oxygen atoms in total. The van der Waals surface area contributed by atoms with Crippen LogP contribution in [-0.2, 0) is 6.18 Å². The molecule has 18 heavy (non-hydrogen) atoms. The zero-order valence-corrected chi connectivity index (χ0v) is 9.87. The van der Waals surface area contributed by atoms with Crippen molar-refractivity contribution in [3.8, 4) is 0 Å². The second-order valence-electron chi connectivity index (χ2n) is 4.70. The Morgan fingerprint density at radius 2 is 2.06 bits per heavy atom. The normalized spacial score (nSPS) is 22.1. The van der Waals surface area contributed by atoms with E-state index in [9.17, 15) is 18.3 Å². The lowest BCUT2D eigenvalue weighted by Gasteiger charge is -2.19. The molecule has 0 spiro atoms. The Kier molecular flexibility index (Phi) is 3.92. The van der Waals surface area contributed by atoms with Crippen molar-refractivity contribution in [3.05, 3.63) is 35.4 Å². The molecule has 0 saturated carbocycles. The third-order valence-corrected chi connectivity index (χ3v) is 3.34. The summed E-state index contributed by atoms with van der Waals surface area (Å²) in [7, 11) is 0. The molecule has 0 aliphatic carbocycles. The van der Waals surface area contributed by atoms with Gasteiger partial charge < -0.3 is 10.4 Å². The second kappa shape index (κ2) is 5.28. The summed E-state index contributed by atoms with van der Waals surface area (Å²) < 4.78 is 38.4. The van der Waals surface area contributed by atoms with Gasteiger partial charge in [-0.25, -0.2) is 0 Å². The van der Waals surface area contributed by atoms with Crippen molar-refractivity contribution in [2.24, 2.45) is 5.92 Å². The third kappa shape index (κ3) is 3.03. The number of hydrogen-bond acceptors (Lipinski definition) is 2. The molecule has 2 N–H and O–H groups in total. The van der Waals surface area contributed by atoms with Gasteiger partial charge in [0.2, 0.25) is 0 Å². The van der Waals surface area contributed by atoms with Gasteiger partial charge in [0.05, 0.1) is 11.7 Å². The average Bonchev–Trinajstić information content (AvgIpc) is 2.80. The number of alkyl halides is 3. The first-order valence-electron chi connectivity index (χ1n) is 6.03.